The lowest BCUT2D eigenvalue weighted by molar-refractivity contribution is -0.0173. The molecule has 0 aromatic carbocycles. The molecule has 0 radical (unpaired) electrons. The van der Waals surface area contributed by atoms with Gasteiger partial charge in [0.05, 0.1) is 31.5 Å². The number of rotatable bonds is 3. The van der Waals surface area contributed by atoms with E-state index >= 15 is 0 Å². The van der Waals surface area contributed by atoms with Crippen molar-refractivity contribution in [2.45, 2.75) is 19.4 Å². The highest BCUT2D eigenvalue weighted by Crippen LogP contribution is 2.35. The van der Waals surface area contributed by atoms with Gasteiger partial charge >= 0.3 is 0 Å². The van der Waals surface area contributed by atoms with Crippen LogP contribution in [-0.2, 0) is 4.74 Å². The molecule has 2 heterocycles. The molecule has 2 rings (SSSR count). The molecule has 0 spiro atoms. The molecule has 1 aromatic rings. The zero-order chi connectivity index (χ0) is 11.8. The van der Waals surface area contributed by atoms with Gasteiger partial charge in [0.15, 0.2) is 11.6 Å². The van der Waals surface area contributed by atoms with E-state index in [4.69, 9.17) is 9.47 Å². The zero-order valence-corrected chi connectivity index (χ0v) is 10.1. The first-order valence-corrected chi connectivity index (χ1v) is 5.25. The molecule has 1 aromatic heterocycles. The van der Waals surface area contributed by atoms with Crippen LogP contribution >= 0.6 is 0 Å². The standard InChI is InChI=1S/C11H17N3O2/c1-8-9(15-3)10(13-7-12-8)14-5-11(2,6-14)16-4/h7H,5-6H2,1-4H3. The Hall–Kier alpha value is -1.36. The van der Waals surface area contributed by atoms with Crippen molar-refractivity contribution in [3.63, 3.8) is 0 Å². The van der Waals surface area contributed by atoms with E-state index in [-0.39, 0.29) is 5.60 Å². The summed E-state index contributed by atoms with van der Waals surface area (Å²) < 4.78 is 10.7. The molecule has 16 heavy (non-hydrogen) atoms. The Morgan fingerprint density at radius 3 is 2.56 bits per heavy atom. The molecule has 0 amide bonds. The van der Waals surface area contributed by atoms with Crippen LogP contribution in [0, 0.1) is 6.92 Å². The van der Waals surface area contributed by atoms with Gasteiger partial charge in [0, 0.05) is 7.11 Å². The van der Waals surface area contributed by atoms with Crippen LogP contribution in [0.1, 0.15) is 12.6 Å². The first kappa shape index (κ1) is 11.1. The minimum Gasteiger partial charge on any atom is -0.491 e. The molecule has 5 nitrogen and oxygen atoms in total. The average molecular weight is 223 g/mol. The van der Waals surface area contributed by atoms with E-state index < -0.39 is 0 Å². The summed E-state index contributed by atoms with van der Waals surface area (Å²) in [6.45, 7) is 5.66. The lowest BCUT2D eigenvalue weighted by Gasteiger charge is -2.47. The van der Waals surface area contributed by atoms with Crippen LogP contribution in [0.2, 0.25) is 0 Å². The molecule has 1 fully saturated rings. The molecular weight excluding hydrogens is 206 g/mol. The molecule has 0 saturated carbocycles. The second kappa shape index (κ2) is 3.90. The van der Waals surface area contributed by atoms with E-state index in [0.717, 1.165) is 30.4 Å². The van der Waals surface area contributed by atoms with Crippen LogP contribution in [-0.4, -0.2) is 42.9 Å². The number of aromatic nitrogens is 2. The van der Waals surface area contributed by atoms with Crippen LogP contribution in [0.4, 0.5) is 5.82 Å². The fourth-order valence-electron chi connectivity index (χ4n) is 1.95. The molecule has 1 saturated heterocycles. The van der Waals surface area contributed by atoms with Gasteiger partial charge in [0.25, 0.3) is 0 Å². The summed E-state index contributed by atoms with van der Waals surface area (Å²) in [4.78, 5) is 10.5. The highest BCUT2D eigenvalue weighted by atomic mass is 16.5. The summed E-state index contributed by atoms with van der Waals surface area (Å²) >= 11 is 0. The SMILES string of the molecule is COc1c(C)ncnc1N1CC(C)(OC)C1. The fourth-order valence-corrected chi connectivity index (χ4v) is 1.95. The van der Waals surface area contributed by atoms with Crippen LogP contribution in [0.15, 0.2) is 6.33 Å². The lowest BCUT2D eigenvalue weighted by Crippen LogP contribution is -2.61. The van der Waals surface area contributed by atoms with E-state index in [2.05, 4.69) is 21.8 Å². The molecule has 1 aliphatic heterocycles. The van der Waals surface area contributed by atoms with E-state index in [1.807, 2.05) is 6.92 Å². The molecule has 0 atom stereocenters. The Kier molecular flexibility index (Phi) is 2.71. The van der Waals surface area contributed by atoms with Gasteiger partial charge in [-0.1, -0.05) is 0 Å². The van der Waals surface area contributed by atoms with Gasteiger partial charge < -0.3 is 14.4 Å². The second-order valence-corrected chi connectivity index (χ2v) is 4.33. The number of aryl methyl sites for hydroxylation is 1. The Morgan fingerprint density at radius 1 is 1.31 bits per heavy atom. The van der Waals surface area contributed by atoms with Crippen LogP contribution in [0.3, 0.4) is 0 Å². The Labute approximate surface area is 95.4 Å². The summed E-state index contributed by atoms with van der Waals surface area (Å²) in [5.74, 6) is 1.60. The van der Waals surface area contributed by atoms with Gasteiger partial charge in [-0.05, 0) is 13.8 Å². The smallest absolute Gasteiger partial charge is 0.182 e. The average Bonchev–Trinajstić information content (AvgIpc) is 2.24. The molecule has 0 unspecified atom stereocenters. The van der Waals surface area contributed by atoms with Gasteiger partial charge in [0.2, 0.25) is 0 Å². The summed E-state index contributed by atoms with van der Waals surface area (Å²) in [6, 6.07) is 0. The van der Waals surface area contributed by atoms with Gasteiger partial charge in [-0.25, -0.2) is 9.97 Å². The summed E-state index contributed by atoms with van der Waals surface area (Å²) in [5.41, 5.74) is 0.794. The molecule has 88 valence electrons. The molecule has 0 aliphatic carbocycles. The predicted octanol–water partition coefficient (Wildman–Crippen LogP) is 1.02. The van der Waals surface area contributed by atoms with E-state index in [9.17, 15) is 0 Å². The third kappa shape index (κ3) is 1.71. The van der Waals surface area contributed by atoms with Crippen molar-refractivity contribution in [3.8, 4) is 5.75 Å². The summed E-state index contributed by atoms with van der Waals surface area (Å²) in [6.07, 6.45) is 1.57. The summed E-state index contributed by atoms with van der Waals surface area (Å²) in [7, 11) is 3.38. The van der Waals surface area contributed by atoms with E-state index in [1.165, 1.54) is 0 Å². The normalized spacial score (nSPS) is 18.1. The first-order valence-electron chi connectivity index (χ1n) is 5.25. The van der Waals surface area contributed by atoms with Crippen LogP contribution in [0.5, 0.6) is 5.75 Å². The molecular formula is C11H17N3O2. The number of anilines is 1. The molecule has 0 N–H and O–H groups in total. The highest BCUT2D eigenvalue weighted by molar-refractivity contribution is 5.56. The number of nitrogens with zero attached hydrogens (tertiary/aromatic N) is 3. The third-order valence-electron chi connectivity index (χ3n) is 3.01. The third-order valence-corrected chi connectivity index (χ3v) is 3.01. The zero-order valence-electron chi connectivity index (χ0n) is 10.1. The first-order chi connectivity index (χ1) is 7.59. The number of hydrogen-bond donors (Lipinski definition) is 0. The summed E-state index contributed by atoms with van der Waals surface area (Å²) in [5, 5.41) is 0. The second-order valence-electron chi connectivity index (χ2n) is 4.33. The topological polar surface area (TPSA) is 47.5 Å². The number of ether oxygens (including phenoxy) is 2. The molecule has 0 bridgehead atoms. The minimum atomic E-state index is -0.0656. The Bertz CT molecular complexity index is 389. The van der Waals surface area contributed by atoms with Crippen molar-refractivity contribution in [1.29, 1.82) is 0 Å². The largest absolute Gasteiger partial charge is 0.491 e. The van der Waals surface area contributed by atoms with Crippen LogP contribution < -0.4 is 9.64 Å². The predicted molar refractivity (Wildman–Crippen MR) is 60.9 cm³/mol. The fraction of sp³-hybridized carbons (Fsp3) is 0.636. The van der Waals surface area contributed by atoms with E-state index in [1.54, 1.807) is 20.5 Å². The Morgan fingerprint density at radius 2 is 2.00 bits per heavy atom. The van der Waals surface area contributed by atoms with Gasteiger partial charge in [-0.15, -0.1) is 0 Å². The maximum Gasteiger partial charge on any atom is 0.182 e. The number of hydrogen-bond acceptors (Lipinski definition) is 5. The van der Waals surface area contributed by atoms with Crippen molar-refractivity contribution in [1.82, 2.24) is 9.97 Å². The van der Waals surface area contributed by atoms with Crippen molar-refractivity contribution in [3.05, 3.63) is 12.0 Å². The number of methoxy groups -OCH3 is 2. The minimum absolute atomic E-state index is 0.0656. The lowest BCUT2D eigenvalue weighted by atomic mass is 9.96. The Balaban J connectivity index is 2.20. The van der Waals surface area contributed by atoms with Crippen LogP contribution in [0.25, 0.3) is 0 Å². The quantitative estimate of drug-likeness (QED) is 0.765. The van der Waals surface area contributed by atoms with Crippen molar-refractivity contribution >= 4 is 5.82 Å². The van der Waals surface area contributed by atoms with E-state index in [0.29, 0.717) is 0 Å². The van der Waals surface area contributed by atoms with Crippen molar-refractivity contribution < 1.29 is 9.47 Å². The van der Waals surface area contributed by atoms with Crippen molar-refractivity contribution in [2.24, 2.45) is 0 Å². The van der Waals surface area contributed by atoms with Gasteiger partial charge in [-0.3, -0.25) is 0 Å². The maximum absolute atomic E-state index is 5.40. The van der Waals surface area contributed by atoms with Crippen molar-refractivity contribution in [2.75, 3.05) is 32.2 Å². The monoisotopic (exact) mass is 223 g/mol. The van der Waals surface area contributed by atoms with Gasteiger partial charge in [0.1, 0.15) is 6.33 Å². The molecule has 5 heteroatoms. The highest BCUT2D eigenvalue weighted by Gasteiger charge is 2.40. The van der Waals surface area contributed by atoms with Gasteiger partial charge in [-0.2, -0.15) is 0 Å². The maximum atomic E-state index is 5.40. The molecule has 1 aliphatic rings.